The van der Waals surface area contributed by atoms with E-state index in [4.69, 9.17) is 10.5 Å². The number of hydrogen-bond donors (Lipinski definition) is 2. The molecule has 0 amide bonds. The second-order valence-electron chi connectivity index (χ2n) is 4.20. The molecule has 1 atom stereocenters. The summed E-state index contributed by atoms with van der Waals surface area (Å²) >= 11 is 0. The fraction of sp³-hybridized carbons (Fsp3) is 0.900. The number of nitrogens with two attached hydrogens (primary N) is 1. The van der Waals surface area contributed by atoms with E-state index in [0.29, 0.717) is 5.96 Å². The number of ether oxygens (including phenoxy) is 1. The molecule has 4 nitrogen and oxygen atoms in total. The molecule has 0 aromatic rings. The van der Waals surface area contributed by atoms with E-state index >= 15 is 0 Å². The lowest BCUT2D eigenvalue weighted by molar-refractivity contribution is 0.0249. The number of nitrogens with zero attached hydrogens (tertiary/aromatic N) is 1. The van der Waals surface area contributed by atoms with E-state index in [1.54, 1.807) is 0 Å². The summed E-state index contributed by atoms with van der Waals surface area (Å²) in [5.41, 5.74) is 5.61. The Hall–Kier alpha value is -0.770. The number of nitrogens with one attached hydrogen (secondary N) is 1. The van der Waals surface area contributed by atoms with Crippen LogP contribution in [0.2, 0.25) is 0 Å². The maximum atomic E-state index is 5.74. The van der Waals surface area contributed by atoms with E-state index in [1.165, 1.54) is 0 Å². The lowest BCUT2D eigenvalue weighted by Gasteiger charge is -2.26. The van der Waals surface area contributed by atoms with Gasteiger partial charge in [-0.25, -0.2) is 0 Å². The maximum absolute atomic E-state index is 5.74. The van der Waals surface area contributed by atoms with Crippen molar-refractivity contribution in [2.45, 2.75) is 45.3 Å². The van der Waals surface area contributed by atoms with Crippen molar-refractivity contribution in [2.24, 2.45) is 10.7 Å². The zero-order valence-electron chi connectivity index (χ0n) is 9.34. The molecule has 1 fully saturated rings. The van der Waals surface area contributed by atoms with Crippen LogP contribution in [0.1, 0.15) is 33.6 Å². The van der Waals surface area contributed by atoms with Crippen LogP contribution in [0, 0.1) is 0 Å². The van der Waals surface area contributed by atoms with Gasteiger partial charge in [-0.2, -0.15) is 0 Å². The van der Waals surface area contributed by atoms with E-state index < -0.39 is 0 Å². The topological polar surface area (TPSA) is 59.6 Å². The molecule has 1 heterocycles. The number of aliphatic imine (C=N–C) groups is 1. The van der Waals surface area contributed by atoms with Crippen molar-refractivity contribution in [1.29, 1.82) is 0 Å². The van der Waals surface area contributed by atoms with Crippen molar-refractivity contribution in [2.75, 3.05) is 13.2 Å². The Labute approximate surface area is 85.9 Å². The quantitative estimate of drug-likeness (QED) is 0.523. The standard InChI is InChI=1S/C10H21N3O/c1-4-6-12-9(11)13-8-5-7-14-10(8,2)3/h8H,4-7H2,1-3H3,(H3,11,12,13). The van der Waals surface area contributed by atoms with Crippen LogP contribution < -0.4 is 11.1 Å². The Morgan fingerprint density at radius 2 is 2.36 bits per heavy atom. The predicted octanol–water partition coefficient (Wildman–Crippen LogP) is 0.868. The van der Waals surface area contributed by atoms with Crippen LogP contribution in [0.4, 0.5) is 0 Å². The van der Waals surface area contributed by atoms with Gasteiger partial charge in [-0.05, 0) is 26.7 Å². The van der Waals surface area contributed by atoms with Gasteiger partial charge >= 0.3 is 0 Å². The maximum Gasteiger partial charge on any atom is 0.188 e. The van der Waals surface area contributed by atoms with Crippen LogP contribution in [0.3, 0.4) is 0 Å². The summed E-state index contributed by atoms with van der Waals surface area (Å²) in [6, 6.07) is 0.281. The number of guanidine groups is 1. The molecule has 1 rings (SSSR count). The molecule has 1 aliphatic heterocycles. The van der Waals surface area contributed by atoms with Gasteiger partial charge in [0.1, 0.15) is 0 Å². The Bertz CT molecular complexity index is 213. The molecule has 0 aromatic carbocycles. The molecule has 0 aromatic heterocycles. The molecule has 0 saturated carbocycles. The minimum Gasteiger partial charge on any atom is -0.373 e. The minimum atomic E-state index is -0.133. The molecule has 1 aliphatic rings. The molecule has 82 valence electrons. The molecule has 0 bridgehead atoms. The average Bonchev–Trinajstić information content (AvgIpc) is 2.43. The van der Waals surface area contributed by atoms with Crippen molar-refractivity contribution < 1.29 is 4.74 Å². The fourth-order valence-electron chi connectivity index (χ4n) is 1.59. The number of hydrogen-bond acceptors (Lipinski definition) is 2. The lowest BCUT2D eigenvalue weighted by Crippen LogP contribution is -2.49. The minimum absolute atomic E-state index is 0.133. The van der Waals surface area contributed by atoms with Gasteiger partial charge in [0.05, 0.1) is 11.6 Å². The first-order chi connectivity index (χ1) is 6.56. The second-order valence-corrected chi connectivity index (χ2v) is 4.20. The Kier molecular flexibility index (Phi) is 3.75. The summed E-state index contributed by atoms with van der Waals surface area (Å²) in [7, 11) is 0. The summed E-state index contributed by atoms with van der Waals surface area (Å²) in [5, 5.41) is 3.21. The number of rotatable bonds is 3. The van der Waals surface area contributed by atoms with Crippen LogP contribution in [-0.4, -0.2) is 30.8 Å². The lowest BCUT2D eigenvalue weighted by atomic mass is 9.99. The van der Waals surface area contributed by atoms with Gasteiger partial charge in [-0.1, -0.05) is 6.92 Å². The van der Waals surface area contributed by atoms with Gasteiger partial charge < -0.3 is 15.8 Å². The van der Waals surface area contributed by atoms with Gasteiger partial charge in [0.15, 0.2) is 5.96 Å². The molecular formula is C10H21N3O. The van der Waals surface area contributed by atoms with Crippen molar-refractivity contribution in [3.63, 3.8) is 0 Å². The molecule has 0 aliphatic carbocycles. The molecule has 3 N–H and O–H groups in total. The highest BCUT2D eigenvalue weighted by Gasteiger charge is 2.35. The van der Waals surface area contributed by atoms with Crippen LogP contribution in [0.15, 0.2) is 4.99 Å². The zero-order chi connectivity index (χ0) is 10.6. The zero-order valence-corrected chi connectivity index (χ0v) is 9.34. The van der Waals surface area contributed by atoms with Crippen LogP contribution in [0.25, 0.3) is 0 Å². The highest BCUT2D eigenvalue weighted by Crippen LogP contribution is 2.24. The first kappa shape index (κ1) is 11.3. The SMILES string of the molecule is CCCN=C(N)NC1CCOC1(C)C. The molecule has 0 spiro atoms. The third-order valence-corrected chi connectivity index (χ3v) is 2.55. The molecule has 4 heteroatoms. The van der Waals surface area contributed by atoms with Gasteiger partial charge in [0.2, 0.25) is 0 Å². The van der Waals surface area contributed by atoms with E-state index in [-0.39, 0.29) is 11.6 Å². The summed E-state index contributed by atoms with van der Waals surface area (Å²) in [6.07, 6.45) is 2.02. The van der Waals surface area contributed by atoms with Crippen LogP contribution in [0.5, 0.6) is 0 Å². The third-order valence-electron chi connectivity index (χ3n) is 2.55. The summed E-state index contributed by atoms with van der Waals surface area (Å²) in [6.45, 7) is 7.81. The monoisotopic (exact) mass is 199 g/mol. The second kappa shape index (κ2) is 4.64. The summed E-state index contributed by atoms with van der Waals surface area (Å²) in [4.78, 5) is 4.20. The van der Waals surface area contributed by atoms with Crippen molar-refractivity contribution in [3.8, 4) is 0 Å². The van der Waals surface area contributed by atoms with E-state index in [1.807, 2.05) is 0 Å². The summed E-state index contributed by atoms with van der Waals surface area (Å²) < 4.78 is 5.59. The Balaban J connectivity index is 2.43. The molecule has 14 heavy (non-hydrogen) atoms. The van der Waals surface area contributed by atoms with Crippen molar-refractivity contribution in [3.05, 3.63) is 0 Å². The smallest absolute Gasteiger partial charge is 0.188 e. The van der Waals surface area contributed by atoms with Gasteiger partial charge in [0, 0.05) is 13.2 Å². The highest BCUT2D eigenvalue weighted by molar-refractivity contribution is 5.78. The van der Waals surface area contributed by atoms with Gasteiger partial charge in [0.25, 0.3) is 0 Å². The Morgan fingerprint density at radius 3 is 2.86 bits per heavy atom. The van der Waals surface area contributed by atoms with Crippen molar-refractivity contribution in [1.82, 2.24) is 5.32 Å². The molecule has 0 radical (unpaired) electrons. The molecule has 1 unspecified atom stereocenters. The van der Waals surface area contributed by atoms with E-state index in [0.717, 1.165) is 26.0 Å². The first-order valence-corrected chi connectivity index (χ1v) is 5.26. The van der Waals surface area contributed by atoms with E-state index in [2.05, 4.69) is 31.1 Å². The van der Waals surface area contributed by atoms with Crippen LogP contribution in [-0.2, 0) is 4.74 Å². The van der Waals surface area contributed by atoms with E-state index in [9.17, 15) is 0 Å². The highest BCUT2D eigenvalue weighted by atomic mass is 16.5. The average molecular weight is 199 g/mol. The third kappa shape index (κ3) is 2.87. The van der Waals surface area contributed by atoms with Gasteiger partial charge in [-0.3, -0.25) is 4.99 Å². The largest absolute Gasteiger partial charge is 0.373 e. The Morgan fingerprint density at radius 1 is 1.64 bits per heavy atom. The predicted molar refractivity (Wildman–Crippen MR) is 58.4 cm³/mol. The fourth-order valence-corrected chi connectivity index (χ4v) is 1.59. The van der Waals surface area contributed by atoms with Crippen molar-refractivity contribution >= 4 is 5.96 Å². The first-order valence-electron chi connectivity index (χ1n) is 5.26. The molecule has 1 saturated heterocycles. The van der Waals surface area contributed by atoms with Gasteiger partial charge in [-0.15, -0.1) is 0 Å². The normalized spacial score (nSPS) is 26.5. The summed E-state index contributed by atoms with van der Waals surface area (Å²) in [5.74, 6) is 0.537. The van der Waals surface area contributed by atoms with Crippen LogP contribution >= 0.6 is 0 Å². The molecular weight excluding hydrogens is 178 g/mol.